The van der Waals surface area contributed by atoms with Gasteiger partial charge in [-0.2, -0.15) is 0 Å². The van der Waals surface area contributed by atoms with Gasteiger partial charge in [-0.15, -0.1) is 5.10 Å². The Morgan fingerprint density at radius 2 is 1.86 bits per heavy atom. The summed E-state index contributed by atoms with van der Waals surface area (Å²) in [4.78, 5) is 26.1. The van der Waals surface area contributed by atoms with Crippen molar-refractivity contribution in [3.63, 3.8) is 0 Å². The molecule has 3 aromatic rings. The molecule has 28 heavy (non-hydrogen) atoms. The lowest BCUT2D eigenvalue weighted by atomic mass is 10.1. The van der Waals surface area contributed by atoms with Gasteiger partial charge in [0, 0.05) is 29.2 Å². The second kappa shape index (κ2) is 7.40. The average molecular weight is 401 g/mol. The van der Waals surface area contributed by atoms with Gasteiger partial charge >= 0.3 is 6.01 Å². The number of anilines is 2. The summed E-state index contributed by atoms with van der Waals surface area (Å²) in [6.07, 6.45) is 0.218. The normalized spacial score (nSPS) is 16.4. The van der Waals surface area contributed by atoms with Crippen molar-refractivity contribution >= 4 is 35.1 Å². The van der Waals surface area contributed by atoms with Crippen molar-refractivity contribution in [2.45, 2.75) is 12.3 Å². The summed E-state index contributed by atoms with van der Waals surface area (Å²) in [5.41, 5.74) is 0.993. The SMILES string of the molecule is O=C(Nc1nnc(C2CC(=O)N(c3ccc(Cl)cc3)C2)o1)c1ccc(F)cc1. The predicted octanol–water partition coefficient (Wildman–Crippen LogP) is 3.63. The number of halogens is 2. The monoisotopic (exact) mass is 400 g/mol. The summed E-state index contributed by atoms with van der Waals surface area (Å²) in [5, 5.41) is 10.8. The van der Waals surface area contributed by atoms with Gasteiger partial charge in [0.05, 0.1) is 5.92 Å². The number of hydrogen-bond donors (Lipinski definition) is 1. The van der Waals surface area contributed by atoms with Gasteiger partial charge in [-0.3, -0.25) is 14.9 Å². The van der Waals surface area contributed by atoms with Gasteiger partial charge in [-0.05, 0) is 48.5 Å². The van der Waals surface area contributed by atoms with E-state index in [9.17, 15) is 14.0 Å². The van der Waals surface area contributed by atoms with Crippen LogP contribution in [0.2, 0.25) is 5.02 Å². The van der Waals surface area contributed by atoms with Crippen LogP contribution in [0.25, 0.3) is 0 Å². The van der Waals surface area contributed by atoms with Crippen molar-refractivity contribution < 1.29 is 18.4 Å². The lowest BCUT2D eigenvalue weighted by molar-refractivity contribution is -0.117. The fourth-order valence-corrected chi connectivity index (χ4v) is 3.09. The third kappa shape index (κ3) is 3.72. The van der Waals surface area contributed by atoms with Gasteiger partial charge in [-0.25, -0.2) is 4.39 Å². The number of amides is 2. The standard InChI is InChI=1S/C19H14ClFN4O3/c20-13-3-7-15(8-4-13)25-10-12(9-16(25)26)18-23-24-19(28-18)22-17(27)11-1-5-14(21)6-2-11/h1-8,12H,9-10H2,(H,22,24,27). The molecule has 2 amide bonds. The van der Waals surface area contributed by atoms with Crippen LogP contribution in [-0.2, 0) is 4.79 Å². The Morgan fingerprint density at radius 3 is 2.57 bits per heavy atom. The minimum atomic E-state index is -0.500. The molecule has 1 unspecified atom stereocenters. The molecule has 1 aliphatic heterocycles. The van der Waals surface area contributed by atoms with Gasteiger partial charge < -0.3 is 9.32 Å². The molecule has 2 aromatic carbocycles. The van der Waals surface area contributed by atoms with E-state index >= 15 is 0 Å². The molecule has 0 saturated carbocycles. The van der Waals surface area contributed by atoms with Crippen LogP contribution in [0.5, 0.6) is 0 Å². The summed E-state index contributed by atoms with van der Waals surface area (Å²) < 4.78 is 18.5. The Kier molecular flexibility index (Phi) is 4.79. The number of nitrogens with zero attached hydrogens (tertiary/aromatic N) is 3. The largest absolute Gasteiger partial charge is 0.407 e. The molecule has 9 heteroatoms. The predicted molar refractivity (Wildman–Crippen MR) is 99.8 cm³/mol. The van der Waals surface area contributed by atoms with Crippen molar-refractivity contribution in [2.75, 3.05) is 16.8 Å². The van der Waals surface area contributed by atoms with E-state index in [1.807, 2.05) is 0 Å². The highest BCUT2D eigenvalue weighted by atomic mass is 35.5. The molecule has 1 fully saturated rings. The molecule has 4 rings (SSSR count). The number of carbonyl (C=O) groups excluding carboxylic acids is 2. The third-order valence-electron chi connectivity index (χ3n) is 4.38. The van der Waals surface area contributed by atoms with E-state index in [-0.39, 0.29) is 35.7 Å². The molecule has 1 aromatic heterocycles. The molecule has 1 atom stereocenters. The topological polar surface area (TPSA) is 88.3 Å². The van der Waals surface area contributed by atoms with Crippen LogP contribution in [-0.4, -0.2) is 28.6 Å². The number of nitrogens with one attached hydrogen (secondary N) is 1. The molecule has 142 valence electrons. The Labute approximate surface area is 164 Å². The van der Waals surface area contributed by atoms with Crippen LogP contribution in [0.1, 0.15) is 28.6 Å². The van der Waals surface area contributed by atoms with Gasteiger partial charge in [-0.1, -0.05) is 16.7 Å². The summed E-state index contributed by atoms with van der Waals surface area (Å²) in [6, 6.07) is 12.0. The van der Waals surface area contributed by atoms with E-state index in [2.05, 4.69) is 15.5 Å². The minimum absolute atomic E-state index is 0.0672. The number of carbonyl (C=O) groups is 2. The van der Waals surface area contributed by atoms with Crippen molar-refractivity contribution in [2.24, 2.45) is 0 Å². The number of rotatable bonds is 4. The van der Waals surface area contributed by atoms with Crippen molar-refractivity contribution in [3.8, 4) is 0 Å². The molecule has 0 spiro atoms. The fourth-order valence-electron chi connectivity index (χ4n) is 2.96. The van der Waals surface area contributed by atoms with E-state index in [1.165, 1.54) is 24.3 Å². The maximum Gasteiger partial charge on any atom is 0.322 e. The van der Waals surface area contributed by atoms with Crippen molar-refractivity contribution in [1.29, 1.82) is 0 Å². The molecule has 2 heterocycles. The Bertz CT molecular complexity index is 1020. The zero-order valence-electron chi connectivity index (χ0n) is 14.4. The molecular formula is C19H14ClFN4O3. The molecule has 0 aliphatic carbocycles. The van der Waals surface area contributed by atoms with Crippen LogP contribution in [0, 0.1) is 5.82 Å². The van der Waals surface area contributed by atoms with Crippen LogP contribution in [0.4, 0.5) is 16.1 Å². The molecule has 1 saturated heterocycles. The Morgan fingerprint density at radius 1 is 1.14 bits per heavy atom. The first-order chi connectivity index (χ1) is 13.5. The Hall–Kier alpha value is -3.26. The maximum atomic E-state index is 12.9. The van der Waals surface area contributed by atoms with E-state index in [0.717, 1.165) is 5.69 Å². The first-order valence-electron chi connectivity index (χ1n) is 8.46. The lowest BCUT2D eigenvalue weighted by Gasteiger charge is -2.15. The van der Waals surface area contributed by atoms with E-state index < -0.39 is 11.7 Å². The fraction of sp³-hybridized carbons (Fsp3) is 0.158. The van der Waals surface area contributed by atoms with Gasteiger partial charge in [0.2, 0.25) is 11.8 Å². The van der Waals surface area contributed by atoms with Crippen LogP contribution in [0.3, 0.4) is 0 Å². The third-order valence-corrected chi connectivity index (χ3v) is 4.63. The lowest BCUT2D eigenvalue weighted by Crippen LogP contribution is -2.24. The van der Waals surface area contributed by atoms with Crippen molar-refractivity contribution in [3.05, 3.63) is 70.8 Å². The zero-order valence-corrected chi connectivity index (χ0v) is 15.2. The molecule has 0 bridgehead atoms. The number of aromatic nitrogens is 2. The number of benzene rings is 2. The maximum absolute atomic E-state index is 12.9. The second-order valence-electron chi connectivity index (χ2n) is 6.29. The van der Waals surface area contributed by atoms with Crippen molar-refractivity contribution in [1.82, 2.24) is 10.2 Å². The molecule has 7 nitrogen and oxygen atoms in total. The molecular weight excluding hydrogens is 387 g/mol. The highest BCUT2D eigenvalue weighted by Crippen LogP contribution is 2.32. The summed E-state index contributed by atoms with van der Waals surface area (Å²) >= 11 is 5.89. The Balaban J connectivity index is 1.44. The van der Waals surface area contributed by atoms with Crippen LogP contribution in [0.15, 0.2) is 52.9 Å². The van der Waals surface area contributed by atoms with Gasteiger partial charge in [0.15, 0.2) is 0 Å². The number of hydrogen-bond acceptors (Lipinski definition) is 5. The second-order valence-corrected chi connectivity index (χ2v) is 6.72. The quantitative estimate of drug-likeness (QED) is 0.722. The molecule has 1 aliphatic rings. The average Bonchev–Trinajstić information content (AvgIpc) is 3.29. The summed E-state index contributed by atoms with van der Waals surface area (Å²) in [6.45, 7) is 0.383. The van der Waals surface area contributed by atoms with Gasteiger partial charge in [0.1, 0.15) is 5.82 Å². The molecule has 1 N–H and O–H groups in total. The summed E-state index contributed by atoms with van der Waals surface area (Å²) in [5.74, 6) is -1.03. The van der Waals surface area contributed by atoms with E-state index in [1.54, 1.807) is 29.2 Å². The van der Waals surface area contributed by atoms with E-state index in [0.29, 0.717) is 11.6 Å². The highest BCUT2D eigenvalue weighted by molar-refractivity contribution is 6.30. The first-order valence-corrected chi connectivity index (χ1v) is 8.83. The van der Waals surface area contributed by atoms with Crippen LogP contribution < -0.4 is 10.2 Å². The summed E-state index contributed by atoms with van der Waals surface area (Å²) in [7, 11) is 0. The highest BCUT2D eigenvalue weighted by Gasteiger charge is 2.35. The van der Waals surface area contributed by atoms with E-state index in [4.69, 9.17) is 16.0 Å². The smallest absolute Gasteiger partial charge is 0.322 e. The van der Waals surface area contributed by atoms with Gasteiger partial charge in [0.25, 0.3) is 5.91 Å². The first kappa shape index (κ1) is 18.1. The zero-order chi connectivity index (χ0) is 19.7. The minimum Gasteiger partial charge on any atom is -0.407 e. The molecule has 0 radical (unpaired) electrons. The van der Waals surface area contributed by atoms with Crippen LogP contribution >= 0.6 is 11.6 Å².